The minimum atomic E-state index is -3.31. The Labute approximate surface area is 183 Å². The van der Waals surface area contributed by atoms with Gasteiger partial charge in [0.05, 0.1) is 44.9 Å². The van der Waals surface area contributed by atoms with E-state index in [1.807, 2.05) is 20.8 Å². The third-order valence-corrected chi connectivity index (χ3v) is 4.55. The largest absolute Gasteiger partial charge is 0.379 e. The summed E-state index contributed by atoms with van der Waals surface area (Å²) in [5.41, 5.74) is -0.313. The molecule has 0 saturated carbocycles. The first-order valence-corrected chi connectivity index (χ1v) is 12.9. The van der Waals surface area contributed by atoms with Crippen molar-refractivity contribution in [1.29, 1.82) is 0 Å². The molecule has 0 spiro atoms. The van der Waals surface area contributed by atoms with Crippen LogP contribution < -0.4 is 0 Å². The normalized spacial score (nSPS) is 13.6. The zero-order chi connectivity index (χ0) is 22.7. The molecule has 0 radical (unpaired) electrons. The lowest BCUT2D eigenvalue weighted by molar-refractivity contribution is -0.168. The Bertz CT molecular complexity index is 476. The Kier molecular flexibility index (Phi) is 18.1. The molecule has 0 fully saturated rings. The Balaban J connectivity index is 3.16. The Morgan fingerprint density at radius 2 is 1.13 bits per heavy atom. The molecule has 0 saturated heterocycles. The first-order valence-electron chi connectivity index (χ1n) is 11.0. The zero-order valence-electron chi connectivity index (χ0n) is 19.4. The molecule has 0 amide bonds. The summed E-state index contributed by atoms with van der Waals surface area (Å²) in [7, 11) is -3.31. The van der Waals surface area contributed by atoms with E-state index >= 15 is 0 Å². The molecule has 0 rings (SSSR count). The average Bonchev–Trinajstić information content (AvgIpc) is 2.61. The van der Waals surface area contributed by atoms with Crippen LogP contribution in [0.15, 0.2) is 0 Å². The van der Waals surface area contributed by atoms with Crippen LogP contribution in [-0.2, 0) is 33.2 Å². The standard InChI is InChI=1S/C21H44O8S/c1-21(2,3)29-20(22)12-8-7-10-14-26-17-19-27-18-16-25-13-9-5-6-11-15-28-30(4,23)24/h20,22H,5-19H2,1-4H3. The van der Waals surface area contributed by atoms with Crippen molar-refractivity contribution in [2.45, 2.75) is 84.0 Å². The summed E-state index contributed by atoms with van der Waals surface area (Å²) in [6.45, 7) is 9.69. The second-order valence-electron chi connectivity index (χ2n) is 8.31. The molecule has 0 aliphatic rings. The van der Waals surface area contributed by atoms with E-state index in [1.165, 1.54) is 0 Å². The van der Waals surface area contributed by atoms with Crippen molar-refractivity contribution >= 4 is 10.1 Å². The lowest BCUT2D eigenvalue weighted by atomic mass is 10.1. The van der Waals surface area contributed by atoms with Crippen LogP contribution in [-0.4, -0.2) is 77.9 Å². The molecule has 9 heteroatoms. The van der Waals surface area contributed by atoms with E-state index < -0.39 is 16.4 Å². The molecule has 30 heavy (non-hydrogen) atoms. The molecule has 8 nitrogen and oxygen atoms in total. The van der Waals surface area contributed by atoms with Crippen molar-refractivity contribution in [2.24, 2.45) is 0 Å². The fourth-order valence-electron chi connectivity index (χ4n) is 2.58. The third kappa shape index (κ3) is 25.7. The molecule has 0 heterocycles. The van der Waals surface area contributed by atoms with E-state index in [0.717, 1.165) is 51.2 Å². The molecule has 0 bridgehead atoms. The first kappa shape index (κ1) is 29.7. The van der Waals surface area contributed by atoms with Gasteiger partial charge < -0.3 is 24.1 Å². The van der Waals surface area contributed by atoms with Gasteiger partial charge >= 0.3 is 0 Å². The smallest absolute Gasteiger partial charge is 0.264 e. The molecule has 0 aromatic carbocycles. The van der Waals surface area contributed by atoms with Crippen molar-refractivity contribution in [2.75, 3.05) is 52.5 Å². The fourth-order valence-corrected chi connectivity index (χ4v) is 3.00. The van der Waals surface area contributed by atoms with Crippen molar-refractivity contribution < 1.29 is 36.7 Å². The van der Waals surface area contributed by atoms with Gasteiger partial charge in [0.2, 0.25) is 0 Å². The van der Waals surface area contributed by atoms with E-state index in [0.29, 0.717) is 46.1 Å². The van der Waals surface area contributed by atoms with Gasteiger partial charge in [0, 0.05) is 13.2 Å². The summed E-state index contributed by atoms with van der Waals surface area (Å²) < 4.78 is 48.2. The van der Waals surface area contributed by atoms with Gasteiger partial charge in [0.15, 0.2) is 6.29 Å². The molecular weight excluding hydrogens is 412 g/mol. The van der Waals surface area contributed by atoms with Crippen molar-refractivity contribution in [1.82, 2.24) is 0 Å². The van der Waals surface area contributed by atoms with Crippen LogP contribution in [0, 0.1) is 0 Å². The number of unbranched alkanes of at least 4 members (excludes halogenated alkanes) is 5. The maximum atomic E-state index is 10.8. The summed E-state index contributed by atoms with van der Waals surface area (Å²) >= 11 is 0. The number of hydrogen-bond acceptors (Lipinski definition) is 8. The topological polar surface area (TPSA) is 101 Å². The highest BCUT2D eigenvalue weighted by Crippen LogP contribution is 2.13. The Morgan fingerprint density at radius 3 is 1.60 bits per heavy atom. The summed E-state index contributed by atoms with van der Waals surface area (Å²) in [6, 6.07) is 0. The number of rotatable bonds is 21. The predicted octanol–water partition coefficient (Wildman–Crippen LogP) is 3.27. The van der Waals surface area contributed by atoms with E-state index in [2.05, 4.69) is 4.18 Å². The second kappa shape index (κ2) is 18.3. The zero-order valence-corrected chi connectivity index (χ0v) is 20.2. The summed E-state index contributed by atoms with van der Waals surface area (Å²) in [5, 5.41) is 9.74. The second-order valence-corrected chi connectivity index (χ2v) is 9.96. The maximum absolute atomic E-state index is 10.8. The summed E-state index contributed by atoms with van der Waals surface area (Å²) in [6.07, 6.45) is 7.52. The molecule has 1 N–H and O–H groups in total. The number of aliphatic hydroxyl groups is 1. The SMILES string of the molecule is CC(C)(C)OC(O)CCCCCOCCOCCOCCCCCCOS(C)(=O)=O. The van der Waals surface area contributed by atoms with Crippen LogP contribution in [0.3, 0.4) is 0 Å². The van der Waals surface area contributed by atoms with Gasteiger partial charge in [0.1, 0.15) is 0 Å². The van der Waals surface area contributed by atoms with E-state index in [4.69, 9.17) is 18.9 Å². The molecule has 0 aromatic heterocycles. The average molecular weight is 457 g/mol. The quantitative estimate of drug-likeness (QED) is 0.160. The molecule has 0 aromatic rings. The molecule has 182 valence electrons. The van der Waals surface area contributed by atoms with Crippen molar-refractivity contribution in [3.63, 3.8) is 0 Å². The van der Waals surface area contributed by atoms with Crippen LogP contribution in [0.5, 0.6) is 0 Å². The molecule has 1 atom stereocenters. The van der Waals surface area contributed by atoms with Crippen LogP contribution >= 0.6 is 0 Å². The summed E-state index contributed by atoms with van der Waals surface area (Å²) in [4.78, 5) is 0. The van der Waals surface area contributed by atoms with Gasteiger partial charge in [-0.1, -0.05) is 19.3 Å². The lowest BCUT2D eigenvalue weighted by Gasteiger charge is -2.23. The van der Waals surface area contributed by atoms with Gasteiger partial charge in [-0.05, 0) is 52.9 Å². The van der Waals surface area contributed by atoms with Crippen LogP contribution in [0.1, 0.15) is 72.1 Å². The first-order chi connectivity index (χ1) is 14.1. The Hall–Kier alpha value is -0.290. The molecule has 0 aliphatic heterocycles. The predicted molar refractivity (Wildman–Crippen MR) is 117 cm³/mol. The number of ether oxygens (including phenoxy) is 4. The van der Waals surface area contributed by atoms with Gasteiger partial charge in [-0.3, -0.25) is 4.18 Å². The van der Waals surface area contributed by atoms with Gasteiger partial charge in [-0.2, -0.15) is 8.42 Å². The van der Waals surface area contributed by atoms with Crippen LogP contribution in [0.2, 0.25) is 0 Å². The number of aliphatic hydroxyl groups excluding tert-OH is 1. The van der Waals surface area contributed by atoms with E-state index in [1.54, 1.807) is 0 Å². The fraction of sp³-hybridized carbons (Fsp3) is 1.00. The highest BCUT2D eigenvalue weighted by Gasteiger charge is 2.15. The molecule has 0 aliphatic carbocycles. The van der Waals surface area contributed by atoms with E-state index in [9.17, 15) is 13.5 Å². The Morgan fingerprint density at radius 1 is 0.700 bits per heavy atom. The van der Waals surface area contributed by atoms with E-state index in [-0.39, 0.29) is 12.2 Å². The van der Waals surface area contributed by atoms with Gasteiger partial charge in [-0.15, -0.1) is 0 Å². The number of hydrogen-bond donors (Lipinski definition) is 1. The molecule has 1 unspecified atom stereocenters. The van der Waals surface area contributed by atoms with Crippen molar-refractivity contribution in [3.05, 3.63) is 0 Å². The summed E-state index contributed by atoms with van der Waals surface area (Å²) in [5.74, 6) is 0. The van der Waals surface area contributed by atoms with Crippen LogP contribution in [0.25, 0.3) is 0 Å². The third-order valence-electron chi connectivity index (χ3n) is 3.95. The highest BCUT2D eigenvalue weighted by atomic mass is 32.2. The van der Waals surface area contributed by atoms with Crippen molar-refractivity contribution in [3.8, 4) is 0 Å². The molecular formula is C21H44O8S. The lowest BCUT2D eigenvalue weighted by Crippen LogP contribution is -2.27. The minimum absolute atomic E-state index is 0.255. The minimum Gasteiger partial charge on any atom is -0.379 e. The van der Waals surface area contributed by atoms with Gasteiger partial charge in [0.25, 0.3) is 10.1 Å². The van der Waals surface area contributed by atoms with Gasteiger partial charge in [-0.25, -0.2) is 0 Å². The maximum Gasteiger partial charge on any atom is 0.264 e. The monoisotopic (exact) mass is 456 g/mol. The highest BCUT2D eigenvalue weighted by molar-refractivity contribution is 7.85. The van der Waals surface area contributed by atoms with Crippen LogP contribution in [0.4, 0.5) is 0 Å².